The van der Waals surface area contributed by atoms with Gasteiger partial charge >= 0.3 is 6.03 Å². The maximum atomic E-state index is 13.5. The van der Waals surface area contributed by atoms with Crippen molar-refractivity contribution < 1.29 is 18.3 Å². The Bertz CT molecular complexity index is 470. The van der Waals surface area contributed by atoms with E-state index in [1.54, 1.807) is 6.26 Å². The van der Waals surface area contributed by atoms with E-state index in [1.165, 1.54) is 0 Å². The molecule has 1 saturated heterocycles. The van der Waals surface area contributed by atoms with Gasteiger partial charge in [-0.1, -0.05) is 0 Å². The van der Waals surface area contributed by atoms with Crippen molar-refractivity contribution in [1.82, 2.24) is 5.32 Å². The zero-order valence-electron chi connectivity index (χ0n) is 11.0. The Balaban J connectivity index is 1.90. The van der Waals surface area contributed by atoms with Gasteiger partial charge in [-0.2, -0.15) is 0 Å². The number of nitrogens with one attached hydrogen (secondary N) is 2. The van der Waals surface area contributed by atoms with Crippen LogP contribution in [0.4, 0.5) is 19.3 Å². The molecule has 2 N–H and O–H groups in total. The summed E-state index contributed by atoms with van der Waals surface area (Å²) in [5, 5.41) is 5.02. The van der Waals surface area contributed by atoms with Crippen molar-refractivity contribution in [3.05, 3.63) is 23.8 Å². The number of hydrogen-bond acceptors (Lipinski definition) is 3. The minimum absolute atomic E-state index is 0.0214. The maximum Gasteiger partial charge on any atom is 0.319 e. The Kier molecular flexibility index (Phi) is 5.19. The molecule has 0 aromatic heterocycles. The molecule has 2 rings (SSSR count). The van der Waals surface area contributed by atoms with Crippen LogP contribution >= 0.6 is 11.8 Å². The Morgan fingerprint density at radius 3 is 2.70 bits per heavy atom. The zero-order valence-corrected chi connectivity index (χ0v) is 11.9. The van der Waals surface area contributed by atoms with Crippen LogP contribution in [0.1, 0.15) is 12.8 Å². The van der Waals surface area contributed by atoms with E-state index in [4.69, 9.17) is 4.74 Å². The summed E-state index contributed by atoms with van der Waals surface area (Å²) in [4.78, 5) is 11.6. The first-order valence-electron chi connectivity index (χ1n) is 6.29. The van der Waals surface area contributed by atoms with Crippen LogP contribution in [0, 0.1) is 11.6 Å². The van der Waals surface area contributed by atoms with Crippen molar-refractivity contribution in [2.24, 2.45) is 0 Å². The SMILES string of the molecule is CSc1c(F)cc(NC(=O)NC[C@H]2CCCO2)cc1F. The highest BCUT2D eigenvalue weighted by molar-refractivity contribution is 7.98. The lowest BCUT2D eigenvalue weighted by atomic mass is 10.2. The van der Waals surface area contributed by atoms with E-state index in [2.05, 4.69) is 10.6 Å². The molecule has 110 valence electrons. The first-order valence-corrected chi connectivity index (χ1v) is 7.52. The fourth-order valence-electron chi connectivity index (χ4n) is 2.01. The third-order valence-electron chi connectivity index (χ3n) is 2.97. The Morgan fingerprint density at radius 2 is 2.15 bits per heavy atom. The highest BCUT2D eigenvalue weighted by Gasteiger charge is 2.16. The first kappa shape index (κ1) is 15.1. The molecule has 0 unspecified atom stereocenters. The number of thioether (sulfide) groups is 1. The van der Waals surface area contributed by atoms with E-state index in [-0.39, 0.29) is 16.7 Å². The van der Waals surface area contributed by atoms with Gasteiger partial charge < -0.3 is 15.4 Å². The molecule has 1 aliphatic rings. The van der Waals surface area contributed by atoms with E-state index >= 15 is 0 Å². The molecule has 0 saturated carbocycles. The summed E-state index contributed by atoms with van der Waals surface area (Å²) < 4.78 is 32.4. The van der Waals surface area contributed by atoms with Gasteiger partial charge in [0.2, 0.25) is 0 Å². The maximum absolute atomic E-state index is 13.5. The minimum Gasteiger partial charge on any atom is -0.376 e. The number of halogens is 2. The number of carbonyl (C=O) groups excluding carboxylic acids is 1. The summed E-state index contributed by atoms with van der Waals surface area (Å²) in [6.45, 7) is 1.10. The number of ether oxygens (including phenoxy) is 1. The molecular weight excluding hydrogens is 286 g/mol. The summed E-state index contributed by atoms with van der Waals surface area (Å²) in [5.41, 5.74) is 0.0858. The number of benzene rings is 1. The molecule has 2 amide bonds. The molecular formula is C13H16F2N2O2S. The van der Waals surface area contributed by atoms with E-state index < -0.39 is 17.7 Å². The largest absolute Gasteiger partial charge is 0.376 e. The van der Waals surface area contributed by atoms with Gasteiger partial charge in [-0.15, -0.1) is 11.8 Å². The average molecular weight is 302 g/mol. The van der Waals surface area contributed by atoms with Crippen LogP contribution in [0.5, 0.6) is 0 Å². The van der Waals surface area contributed by atoms with Crippen LogP contribution in [0.2, 0.25) is 0 Å². The summed E-state index contributed by atoms with van der Waals surface area (Å²) in [5.74, 6) is -1.38. The highest BCUT2D eigenvalue weighted by Crippen LogP contribution is 2.26. The highest BCUT2D eigenvalue weighted by atomic mass is 32.2. The van der Waals surface area contributed by atoms with E-state index in [1.807, 2.05) is 0 Å². The minimum atomic E-state index is -0.688. The van der Waals surface area contributed by atoms with Gasteiger partial charge in [0.1, 0.15) is 11.6 Å². The third kappa shape index (κ3) is 3.83. The molecule has 1 aromatic carbocycles. The second-order valence-electron chi connectivity index (χ2n) is 4.44. The summed E-state index contributed by atoms with van der Waals surface area (Å²) in [6, 6.07) is 1.69. The van der Waals surface area contributed by atoms with Crippen LogP contribution < -0.4 is 10.6 Å². The van der Waals surface area contributed by atoms with E-state index in [0.717, 1.165) is 36.7 Å². The monoisotopic (exact) mass is 302 g/mol. The van der Waals surface area contributed by atoms with Gasteiger partial charge in [0.25, 0.3) is 0 Å². The van der Waals surface area contributed by atoms with E-state index in [0.29, 0.717) is 13.2 Å². The number of amides is 2. The van der Waals surface area contributed by atoms with Gasteiger partial charge in [0.15, 0.2) is 0 Å². The molecule has 0 radical (unpaired) electrons. The van der Waals surface area contributed by atoms with Gasteiger partial charge in [0.05, 0.1) is 11.0 Å². The van der Waals surface area contributed by atoms with Crippen molar-refractivity contribution in [2.75, 3.05) is 24.7 Å². The molecule has 20 heavy (non-hydrogen) atoms. The molecule has 1 fully saturated rings. The molecule has 1 aliphatic heterocycles. The Hall–Kier alpha value is -1.34. The van der Waals surface area contributed by atoms with Gasteiger partial charge in [-0.05, 0) is 31.2 Å². The van der Waals surface area contributed by atoms with Crippen LogP contribution in [-0.4, -0.2) is 31.5 Å². The van der Waals surface area contributed by atoms with Crippen molar-refractivity contribution in [2.45, 2.75) is 23.8 Å². The van der Waals surface area contributed by atoms with Crippen LogP contribution in [0.15, 0.2) is 17.0 Å². The molecule has 1 heterocycles. The molecule has 4 nitrogen and oxygen atoms in total. The summed E-state index contributed by atoms with van der Waals surface area (Å²) in [7, 11) is 0. The average Bonchev–Trinajstić information content (AvgIpc) is 2.89. The lowest BCUT2D eigenvalue weighted by Gasteiger charge is -2.12. The van der Waals surface area contributed by atoms with Crippen molar-refractivity contribution in [1.29, 1.82) is 0 Å². The first-order chi connectivity index (χ1) is 9.60. The lowest BCUT2D eigenvalue weighted by molar-refractivity contribution is 0.112. The van der Waals surface area contributed by atoms with Crippen molar-refractivity contribution in [3.8, 4) is 0 Å². The lowest BCUT2D eigenvalue weighted by Crippen LogP contribution is -2.35. The number of urea groups is 1. The van der Waals surface area contributed by atoms with Crippen molar-refractivity contribution >= 4 is 23.5 Å². The number of hydrogen-bond donors (Lipinski definition) is 2. The predicted molar refractivity (Wildman–Crippen MR) is 74.1 cm³/mol. The third-order valence-corrected chi connectivity index (χ3v) is 3.77. The second-order valence-corrected chi connectivity index (χ2v) is 5.26. The quantitative estimate of drug-likeness (QED) is 0.841. The molecule has 7 heteroatoms. The molecule has 0 bridgehead atoms. The molecule has 1 atom stereocenters. The Morgan fingerprint density at radius 1 is 1.45 bits per heavy atom. The molecule has 0 aliphatic carbocycles. The van der Waals surface area contributed by atoms with Crippen LogP contribution in [0.3, 0.4) is 0 Å². The van der Waals surface area contributed by atoms with Gasteiger partial charge in [0, 0.05) is 18.8 Å². The van der Waals surface area contributed by atoms with E-state index in [9.17, 15) is 13.6 Å². The fourth-order valence-corrected chi connectivity index (χ4v) is 2.52. The van der Waals surface area contributed by atoms with Crippen LogP contribution in [0.25, 0.3) is 0 Å². The smallest absolute Gasteiger partial charge is 0.319 e. The standard InChI is InChI=1S/C13H16F2N2O2S/c1-20-12-10(14)5-8(6-11(12)15)17-13(18)16-7-9-3-2-4-19-9/h5-6,9H,2-4,7H2,1H3,(H2,16,17,18)/t9-/m1/s1. The van der Waals surface area contributed by atoms with Crippen LogP contribution in [-0.2, 0) is 4.74 Å². The normalized spacial score (nSPS) is 18.1. The topological polar surface area (TPSA) is 50.4 Å². The summed E-state index contributed by atoms with van der Waals surface area (Å²) >= 11 is 0.982. The second kappa shape index (κ2) is 6.90. The van der Waals surface area contributed by atoms with Gasteiger partial charge in [-0.3, -0.25) is 0 Å². The predicted octanol–water partition coefficient (Wildman–Crippen LogP) is 2.99. The molecule has 1 aromatic rings. The number of rotatable bonds is 4. The number of anilines is 1. The Labute approximate surface area is 120 Å². The van der Waals surface area contributed by atoms with Gasteiger partial charge in [-0.25, -0.2) is 13.6 Å². The zero-order chi connectivity index (χ0) is 14.5. The molecule has 0 spiro atoms. The summed E-state index contributed by atoms with van der Waals surface area (Å²) in [6.07, 6.45) is 3.50. The number of carbonyl (C=O) groups is 1. The fraction of sp³-hybridized carbons (Fsp3) is 0.462. The van der Waals surface area contributed by atoms with Crippen molar-refractivity contribution in [3.63, 3.8) is 0 Å².